The second kappa shape index (κ2) is 7.91. The number of nitrogens with two attached hydrogens (primary N) is 1. The van der Waals surface area contributed by atoms with Crippen molar-refractivity contribution in [3.8, 4) is 5.88 Å². The SMILES string of the molecule is COc1ccc(NC(=O)C[C@@H](NC(N)=O)c2ccccc2F)cn1. The molecular formula is C16H17FN4O3. The van der Waals surface area contributed by atoms with Gasteiger partial charge in [0.2, 0.25) is 11.8 Å². The van der Waals surface area contributed by atoms with Gasteiger partial charge in [-0.1, -0.05) is 18.2 Å². The van der Waals surface area contributed by atoms with Crippen LogP contribution >= 0.6 is 0 Å². The lowest BCUT2D eigenvalue weighted by atomic mass is 10.0. The maximum absolute atomic E-state index is 13.9. The number of rotatable bonds is 6. The third-order valence-electron chi connectivity index (χ3n) is 3.22. The standard InChI is InChI=1S/C16H17FN4O3/c1-24-15-7-6-10(9-19-15)20-14(22)8-13(21-16(18)23)11-4-2-3-5-12(11)17/h2-7,9,13H,8H2,1H3,(H,20,22)(H3,18,21,23)/t13-/m1/s1. The van der Waals surface area contributed by atoms with Crippen LogP contribution in [0, 0.1) is 5.82 Å². The lowest BCUT2D eigenvalue weighted by molar-refractivity contribution is -0.116. The summed E-state index contributed by atoms with van der Waals surface area (Å²) in [6.07, 6.45) is 1.24. The molecule has 0 bridgehead atoms. The van der Waals surface area contributed by atoms with E-state index < -0.39 is 23.8 Å². The van der Waals surface area contributed by atoms with E-state index in [-0.39, 0.29) is 12.0 Å². The molecule has 1 heterocycles. The smallest absolute Gasteiger partial charge is 0.312 e. The predicted octanol–water partition coefficient (Wildman–Crippen LogP) is 1.97. The van der Waals surface area contributed by atoms with Crippen molar-refractivity contribution in [1.82, 2.24) is 10.3 Å². The Balaban J connectivity index is 2.09. The first-order valence-electron chi connectivity index (χ1n) is 7.10. The van der Waals surface area contributed by atoms with E-state index >= 15 is 0 Å². The quantitative estimate of drug-likeness (QED) is 0.752. The minimum Gasteiger partial charge on any atom is -0.481 e. The number of anilines is 1. The lowest BCUT2D eigenvalue weighted by Gasteiger charge is -2.18. The van der Waals surface area contributed by atoms with Gasteiger partial charge < -0.3 is 21.1 Å². The fourth-order valence-electron chi connectivity index (χ4n) is 2.14. The second-order valence-corrected chi connectivity index (χ2v) is 4.92. The highest BCUT2D eigenvalue weighted by Gasteiger charge is 2.20. The average Bonchev–Trinajstić information content (AvgIpc) is 2.55. The zero-order chi connectivity index (χ0) is 17.5. The highest BCUT2D eigenvalue weighted by atomic mass is 19.1. The van der Waals surface area contributed by atoms with Crippen LogP contribution in [0.3, 0.4) is 0 Å². The first kappa shape index (κ1) is 17.2. The number of methoxy groups -OCH3 is 1. The monoisotopic (exact) mass is 332 g/mol. The number of nitrogens with zero attached hydrogens (tertiary/aromatic N) is 1. The van der Waals surface area contributed by atoms with Crippen molar-refractivity contribution in [3.63, 3.8) is 0 Å². The maximum atomic E-state index is 13.9. The molecule has 0 aliphatic heterocycles. The Bertz CT molecular complexity index is 722. The van der Waals surface area contributed by atoms with Crippen LogP contribution in [-0.2, 0) is 4.79 Å². The second-order valence-electron chi connectivity index (χ2n) is 4.92. The molecule has 8 heteroatoms. The van der Waals surface area contributed by atoms with Gasteiger partial charge in [0, 0.05) is 11.6 Å². The molecule has 0 aliphatic rings. The molecule has 0 fully saturated rings. The normalized spacial score (nSPS) is 11.4. The molecular weight excluding hydrogens is 315 g/mol. The van der Waals surface area contributed by atoms with Gasteiger partial charge >= 0.3 is 6.03 Å². The van der Waals surface area contributed by atoms with Gasteiger partial charge in [-0.3, -0.25) is 4.79 Å². The Hall–Kier alpha value is -3.16. The van der Waals surface area contributed by atoms with Crippen molar-refractivity contribution in [2.45, 2.75) is 12.5 Å². The number of hydrogen-bond donors (Lipinski definition) is 3. The van der Waals surface area contributed by atoms with E-state index in [1.54, 1.807) is 18.2 Å². The number of aromatic nitrogens is 1. The summed E-state index contributed by atoms with van der Waals surface area (Å²) >= 11 is 0. The molecule has 3 amide bonds. The van der Waals surface area contributed by atoms with Crippen LogP contribution in [0.1, 0.15) is 18.0 Å². The molecule has 7 nitrogen and oxygen atoms in total. The molecule has 2 rings (SSSR count). The molecule has 0 aliphatic carbocycles. The number of primary amides is 1. The number of ether oxygens (including phenoxy) is 1. The molecule has 126 valence electrons. The van der Waals surface area contributed by atoms with Crippen molar-refractivity contribution >= 4 is 17.6 Å². The van der Waals surface area contributed by atoms with Crippen LogP contribution in [0.5, 0.6) is 5.88 Å². The van der Waals surface area contributed by atoms with Gasteiger partial charge in [0.25, 0.3) is 0 Å². The van der Waals surface area contributed by atoms with Gasteiger partial charge in [0.05, 0.1) is 31.5 Å². The number of amides is 3. The number of halogens is 1. The van der Waals surface area contributed by atoms with Crippen molar-refractivity contribution in [1.29, 1.82) is 0 Å². The van der Waals surface area contributed by atoms with Crippen LogP contribution < -0.4 is 21.1 Å². The topological polar surface area (TPSA) is 106 Å². The fourth-order valence-corrected chi connectivity index (χ4v) is 2.14. The van der Waals surface area contributed by atoms with Crippen LogP contribution in [0.2, 0.25) is 0 Å². The van der Waals surface area contributed by atoms with Gasteiger partial charge in [-0.15, -0.1) is 0 Å². The van der Waals surface area contributed by atoms with E-state index in [0.29, 0.717) is 11.6 Å². The molecule has 0 saturated heterocycles. The summed E-state index contributed by atoms with van der Waals surface area (Å²) in [5.74, 6) is -0.549. The molecule has 4 N–H and O–H groups in total. The summed E-state index contributed by atoms with van der Waals surface area (Å²) in [6, 6.07) is 7.34. The average molecular weight is 332 g/mol. The molecule has 0 spiro atoms. The van der Waals surface area contributed by atoms with Crippen LogP contribution in [0.25, 0.3) is 0 Å². The van der Waals surface area contributed by atoms with Gasteiger partial charge in [-0.25, -0.2) is 14.2 Å². The van der Waals surface area contributed by atoms with Crippen LogP contribution in [0.4, 0.5) is 14.9 Å². The van der Waals surface area contributed by atoms with Crippen molar-refractivity contribution < 1.29 is 18.7 Å². The van der Waals surface area contributed by atoms with E-state index in [4.69, 9.17) is 10.5 Å². The van der Waals surface area contributed by atoms with Gasteiger partial charge in [-0.2, -0.15) is 0 Å². The Kier molecular flexibility index (Phi) is 5.67. The predicted molar refractivity (Wildman–Crippen MR) is 85.9 cm³/mol. The van der Waals surface area contributed by atoms with Crippen LogP contribution in [-0.4, -0.2) is 24.0 Å². The molecule has 1 aromatic carbocycles. The Morgan fingerprint density at radius 3 is 2.62 bits per heavy atom. The Morgan fingerprint density at radius 1 is 1.29 bits per heavy atom. The first-order chi connectivity index (χ1) is 11.5. The number of pyridine rings is 1. The largest absolute Gasteiger partial charge is 0.481 e. The molecule has 0 saturated carbocycles. The van der Waals surface area contributed by atoms with E-state index in [1.165, 1.54) is 31.5 Å². The maximum Gasteiger partial charge on any atom is 0.312 e. The fraction of sp³-hybridized carbons (Fsp3) is 0.188. The van der Waals surface area contributed by atoms with Crippen molar-refractivity contribution in [3.05, 3.63) is 54.0 Å². The molecule has 2 aromatic rings. The first-order valence-corrected chi connectivity index (χ1v) is 7.10. The number of urea groups is 1. The summed E-state index contributed by atoms with van der Waals surface area (Å²) in [5, 5.41) is 4.99. The minimum atomic E-state index is -0.880. The third kappa shape index (κ3) is 4.67. The Labute approximate surface area is 138 Å². The summed E-state index contributed by atoms with van der Waals surface area (Å²) in [7, 11) is 1.48. The molecule has 24 heavy (non-hydrogen) atoms. The highest BCUT2D eigenvalue weighted by molar-refractivity contribution is 5.91. The number of carbonyl (C=O) groups is 2. The van der Waals surface area contributed by atoms with Crippen molar-refractivity contribution in [2.75, 3.05) is 12.4 Å². The molecule has 0 unspecified atom stereocenters. The molecule has 0 radical (unpaired) electrons. The number of carbonyl (C=O) groups excluding carboxylic acids is 2. The number of nitrogens with one attached hydrogen (secondary N) is 2. The van der Waals surface area contributed by atoms with Gasteiger partial charge in [0.1, 0.15) is 5.82 Å². The molecule has 1 atom stereocenters. The summed E-state index contributed by atoms with van der Waals surface area (Å²) in [6.45, 7) is 0. The Morgan fingerprint density at radius 2 is 2.04 bits per heavy atom. The van der Waals surface area contributed by atoms with E-state index in [0.717, 1.165) is 0 Å². The highest BCUT2D eigenvalue weighted by Crippen LogP contribution is 2.21. The van der Waals surface area contributed by atoms with E-state index in [9.17, 15) is 14.0 Å². The summed E-state index contributed by atoms with van der Waals surface area (Å²) in [4.78, 5) is 27.3. The zero-order valence-corrected chi connectivity index (χ0v) is 13.0. The summed E-state index contributed by atoms with van der Waals surface area (Å²) in [5.41, 5.74) is 5.74. The number of hydrogen-bond acceptors (Lipinski definition) is 4. The van der Waals surface area contributed by atoms with E-state index in [1.807, 2.05) is 0 Å². The van der Waals surface area contributed by atoms with Crippen molar-refractivity contribution in [2.24, 2.45) is 5.73 Å². The van der Waals surface area contributed by atoms with Crippen LogP contribution in [0.15, 0.2) is 42.6 Å². The van der Waals surface area contributed by atoms with Gasteiger partial charge in [0.15, 0.2) is 0 Å². The van der Waals surface area contributed by atoms with E-state index in [2.05, 4.69) is 15.6 Å². The number of benzene rings is 1. The third-order valence-corrected chi connectivity index (χ3v) is 3.22. The minimum absolute atomic E-state index is 0.180. The zero-order valence-electron chi connectivity index (χ0n) is 13.0. The molecule has 1 aromatic heterocycles. The lowest BCUT2D eigenvalue weighted by Crippen LogP contribution is -2.35. The van der Waals surface area contributed by atoms with Gasteiger partial charge in [-0.05, 0) is 12.1 Å². The summed E-state index contributed by atoms with van der Waals surface area (Å²) < 4.78 is 18.8.